The normalized spacial score (nSPS) is 17.3. The molecule has 0 bridgehead atoms. The molecule has 3 atom stereocenters. The zero-order valence-electron chi connectivity index (χ0n) is 24.7. The van der Waals surface area contributed by atoms with Crippen molar-refractivity contribution < 1.29 is 23.7 Å². The van der Waals surface area contributed by atoms with Crippen LogP contribution in [0.2, 0.25) is 10.0 Å². The van der Waals surface area contributed by atoms with E-state index in [4.69, 9.17) is 42.1 Å². The van der Waals surface area contributed by atoms with Crippen LogP contribution in [0.15, 0.2) is 121 Å². The summed E-state index contributed by atoms with van der Waals surface area (Å²) in [4.78, 5) is 12.8. The van der Waals surface area contributed by atoms with E-state index in [1.165, 1.54) is 13.4 Å². The molecule has 0 amide bonds. The van der Waals surface area contributed by atoms with Gasteiger partial charge in [0.15, 0.2) is 5.76 Å². The molecule has 1 heterocycles. The Morgan fingerprint density at radius 1 is 1.02 bits per heavy atom. The van der Waals surface area contributed by atoms with Crippen LogP contribution in [0, 0.1) is 0 Å². The van der Waals surface area contributed by atoms with Gasteiger partial charge < -0.3 is 18.9 Å². The summed E-state index contributed by atoms with van der Waals surface area (Å²) >= 11 is 12.2. The van der Waals surface area contributed by atoms with E-state index in [2.05, 4.69) is 24.4 Å². The SMILES string of the molecule is CC[C@H](N[C@@H](CC1=COC=C(C2=CC=CC[C@@H]2c2cccc(OCc3ccc(Cl)c(Cl)c3)c2)O1)C(=O)OC)c1ccccc1. The lowest BCUT2D eigenvalue weighted by atomic mass is 9.84. The first-order valence-electron chi connectivity index (χ1n) is 14.6. The Balaban J connectivity index is 1.27. The first kappa shape index (κ1) is 31.5. The van der Waals surface area contributed by atoms with Gasteiger partial charge in [0.1, 0.15) is 36.7 Å². The number of allylic oxidation sites excluding steroid dienone is 4. The third kappa shape index (κ3) is 7.94. The second-order valence-corrected chi connectivity index (χ2v) is 11.4. The standard InChI is InChI=1S/C36H35Cl2NO5/c1-3-33(25-10-5-4-6-11-25)39-34(36(40)41-2)20-28-22-42-23-35(44-28)30-15-8-7-14-29(30)26-12-9-13-27(19-26)43-21-24-16-17-31(37)32(38)18-24/h4-13,15-19,22-23,29,33-34,39H,3,14,20-21H2,1-2H3/t29-,33+,34+/m1/s1. The lowest BCUT2D eigenvalue weighted by molar-refractivity contribution is -0.143. The molecular formula is C36H35Cl2NO5. The highest BCUT2D eigenvalue weighted by Crippen LogP contribution is 2.39. The summed E-state index contributed by atoms with van der Waals surface area (Å²) in [5, 5.41) is 4.47. The summed E-state index contributed by atoms with van der Waals surface area (Å²) in [5.41, 5.74) is 4.08. The van der Waals surface area contributed by atoms with E-state index in [9.17, 15) is 4.79 Å². The van der Waals surface area contributed by atoms with Crippen molar-refractivity contribution in [2.75, 3.05) is 7.11 Å². The van der Waals surface area contributed by atoms with Crippen molar-refractivity contribution in [2.24, 2.45) is 0 Å². The van der Waals surface area contributed by atoms with Gasteiger partial charge in [-0.15, -0.1) is 0 Å². The van der Waals surface area contributed by atoms with Gasteiger partial charge in [-0.25, -0.2) is 0 Å². The quantitative estimate of drug-likeness (QED) is 0.201. The monoisotopic (exact) mass is 631 g/mol. The maximum absolute atomic E-state index is 12.8. The van der Waals surface area contributed by atoms with E-state index in [0.717, 1.165) is 40.9 Å². The molecule has 0 radical (unpaired) electrons. The Kier molecular flexibility index (Phi) is 10.8. The molecule has 0 saturated heterocycles. The van der Waals surface area contributed by atoms with Crippen molar-refractivity contribution in [1.29, 1.82) is 0 Å². The third-order valence-electron chi connectivity index (χ3n) is 7.61. The van der Waals surface area contributed by atoms with Crippen LogP contribution in [-0.4, -0.2) is 19.1 Å². The first-order chi connectivity index (χ1) is 21.4. The Labute approximate surface area is 268 Å². The molecule has 1 N–H and O–H groups in total. The van der Waals surface area contributed by atoms with Crippen molar-refractivity contribution >= 4 is 29.2 Å². The molecular weight excluding hydrogens is 597 g/mol. The van der Waals surface area contributed by atoms with E-state index in [0.29, 0.717) is 28.2 Å². The van der Waals surface area contributed by atoms with Crippen molar-refractivity contribution in [3.8, 4) is 5.75 Å². The average molecular weight is 633 g/mol. The zero-order chi connectivity index (χ0) is 30.9. The van der Waals surface area contributed by atoms with Crippen LogP contribution >= 0.6 is 23.2 Å². The molecule has 0 aromatic heterocycles. The fourth-order valence-corrected chi connectivity index (χ4v) is 5.65. The van der Waals surface area contributed by atoms with E-state index in [1.807, 2.05) is 72.8 Å². The lowest BCUT2D eigenvalue weighted by Gasteiger charge is -2.28. The molecule has 3 aromatic rings. The van der Waals surface area contributed by atoms with Crippen LogP contribution in [-0.2, 0) is 25.6 Å². The van der Waals surface area contributed by atoms with Crippen LogP contribution < -0.4 is 10.1 Å². The topological polar surface area (TPSA) is 66.0 Å². The number of hydrogen-bond donors (Lipinski definition) is 1. The maximum atomic E-state index is 12.8. The van der Waals surface area contributed by atoms with Crippen molar-refractivity contribution in [3.05, 3.63) is 147 Å². The number of carbonyl (C=O) groups excluding carboxylic acids is 1. The van der Waals surface area contributed by atoms with Gasteiger partial charge in [0.25, 0.3) is 0 Å². The molecule has 0 spiro atoms. The minimum absolute atomic E-state index is 0.0137. The molecule has 0 fully saturated rings. The highest BCUT2D eigenvalue weighted by atomic mass is 35.5. The summed E-state index contributed by atoms with van der Waals surface area (Å²) in [6.45, 7) is 2.44. The van der Waals surface area contributed by atoms with Gasteiger partial charge in [-0.2, -0.15) is 0 Å². The highest BCUT2D eigenvalue weighted by Gasteiger charge is 2.29. The lowest BCUT2D eigenvalue weighted by Crippen LogP contribution is -2.40. The molecule has 8 heteroatoms. The molecule has 1 aliphatic heterocycles. The van der Waals surface area contributed by atoms with Crippen LogP contribution in [0.3, 0.4) is 0 Å². The molecule has 228 valence electrons. The molecule has 0 unspecified atom stereocenters. The molecule has 5 rings (SSSR count). The molecule has 3 aromatic carbocycles. The van der Waals surface area contributed by atoms with Crippen molar-refractivity contribution in [1.82, 2.24) is 5.32 Å². The van der Waals surface area contributed by atoms with Crippen LogP contribution in [0.25, 0.3) is 0 Å². The number of methoxy groups -OCH3 is 1. The number of benzene rings is 3. The van der Waals surface area contributed by atoms with Crippen molar-refractivity contribution in [3.63, 3.8) is 0 Å². The first-order valence-corrected chi connectivity index (χ1v) is 15.4. The fraction of sp³-hybridized carbons (Fsp3) is 0.250. The number of carbonyl (C=O) groups is 1. The van der Waals surface area contributed by atoms with Gasteiger partial charge in [0.2, 0.25) is 0 Å². The van der Waals surface area contributed by atoms with E-state index >= 15 is 0 Å². The Hall–Kier alpha value is -3.97. The highest BCUT2D eigenvalue weighted by molar-refractivity contribution is 6.42. The predicted molar refractivity (Wildman–Crippen MR) is 173 cm³/mol. The average Bonchev–Trinajstić information content (AvgIpc) is 3.07. The van der Waals surface area contributed by atoms with Crippen molar-refractivity contribution in [2.45, 2.75) is 50.8 Å². The summed E-state index contributed by atoms with van der Waals surface area (Å²) in [6.07, 6.45) is 11.2. The minimum Gasteiger partial charge on any atom is -0.489 e. The molecule has 44 heavy (non-hydrogen) atoms. The fourth-order valence-electron chi connectivity index (χ4n) is 5.33. The van der Waals surface area contributed by atoms with E-state index < -0.39 is 6.04 Å². The third-order valence-corrected chi connectivity index (χ3v) is 8.35. The second kappa shape index (κ2) is 15.2. The number of nitrogens with one attached hydrogen (secondary N) is 1. The number of hydrogen-bond acceptors (Lipinski definition) is 6. The van der Waals surface area contributed by atoms with E-state index in [-0.39, 0.29) is 24.3 Å². The van der Waals surface area contributed by atoms with Gasteiger partial charge in [-0.3, -0.25) is 10.1 Å². The van der Waals surface area contributed by atoms with Gasteiger partial charge >= 0.3 is 5.97 Å². The number of esters is 1. The van der Waals surface area contributed by atoms with Crippen LogP contribution in [0.5, 0.6) is 5.75 Å². The van der Waals surface area contributed by atoms with Gasteiger partial charge in [-0.1, -0.05) is 96.9 Å². The van der Waals surface area contributed by atoms with E-state index in [1.54, 1.807) is 12.3 Å². The number of rotatable bonds is 12. The molecule has 0 saturated carbocycles. The predicted octanol–water partition coefficient (Wildman–Crippen LogP) is 8.94. The minimum atomic E-state index is -0.625. The molecule has 6 nitrogen and oxygen atoms in total. The van der Waals surface area contributed by atoms with Crippen LogP contribution in [0.4, 0.5) is 0 Å². The summed E-state index contributed by atoms with van der Waals surface area (Å²) in [7, 11) is 1.39. The molecule has 2 aliphatic rings. The molecule has 1 aliphatic carbocycles. The Morgan fingerprint density at radius 2 is 1.86 bits per heavy atom. The second-order valence-electron chi connectivity index (χ2n) is 10.6. The summed E-state index contributed by atoms with van der Waals surface area (Å²) in [6, 6.07) is 22.9. The summed E-state index contributed by atoms with van der Waals surface area (Å²) in [5.74, 6) is 1.52. The van der Waals surface area contributed by atoms with Gasteiger partial charge in [0, 0.05) is 24.0 Å². The van der Waals surface area contributed by atoms with Gasteiger partial charge in [-0.05, 0) is 53.8 Å². The number of ether oxygens (including phenoxy) is 4. The van der Waals surface area contributed by atoms with Gasteiger partial charge in [0.05, 0.1) is 17.2 Å². The summed E-state index contributed by atoms with van der Waals surface area (Å²) < 4.78 is 23.4. The Morgan fingerprint density at radius 3 is 2.64 bits per heavy atom. The zero-order valence-corrected chi connectivity index (χ0v) is 26.2. The smallest absolute Gasteiger partial charge is 0.323 e. The number of halogens is 2. The largest absolute Gasteiger partial charge is 0.489 e. The Bertz CT molecular complexity index is 1580. The van der Waals surface area contributed by atoms with Crippen LogP contribution in [0.1, 0.15) is 54.8 Å². The maximum Gasteiger partial charge on any atom is 0.323 e.